The molecule has 1 unspecified atom stereocenters. The van der Waals surface area contributed by atoms with Gasteiger partial charge in [0.05, 0.1) is 0 Å². The van der Waals surface area contributed by atoms with Crippen LogP contribution in [0.5, 0.6) is 11.5 Å². The summed E-state index contributed by atoms with van der Waals surface area (Å²) >= 11 is 0. The fourth-order valence-electron chi connectivity index (χ4n) is 2.40. The lowest BCUT2D eigenvalue weighted by molar-refractivity contribution is 0.176. The molecule has 0 spiro atoms. The largest absolute Gasteiger partial charge is 0.457 e. The van der Waals surface area contributed by atoms with Gasteiger partial charge in [-0.1, -0.05) is 45.9 Å². The van der Waals surface area contributed by atoms with Gasteiger partial charge in [0.25, 0.3) is 0 Å². The fourth-order valence-corrected chi connectivity index (χ4v) is 2.40. The monoisotopic (exact) mass is 313 g/mol. The van der Waals surface area contributed by atoms with E-state index in [0.717, 1.165) is 17.2 Å². The number of nitrogens with one attached hydrogen (secondary N) is 1. The summed E-state index contributed by atoms with van der Waals surface area (Å²) in [5.41, 5.74) is 2.15. The number of benzene rings is 2. The number of rotatable bonds is 7. The molecule has 0 aliphatic heterocycles. The van der Waals surface area contributed by atoms with E-state index in [1.807, 2.05) is 36.4 Å². The van der Waals surface area contributed by atoms with E-state index >= 15 is 0 Å². The first-order valence-electron chi connectivity index (χ1n) is 8.26. The van der Waals surface area contributed by atoms with Gasteiger partial charge in [-0.15, -0.1) is 0 Å². The van der Waals surface area contributed by atoms with Gasteiger partial charge >= 0.3 is 0 Å². The highest BCUT2D eigenvalue weighted by molar-refractivity contribution is 5.49. The molecule has 2 aromatic carbocycles. The molecule has 0 aliphatic rings. The van der Waals surface area contributed by atoms with E-state index in [-0.39, 0.29) is 0 Å². The van der Waals surface area contributed by atoms with Crippen molar-refractivity contribution in [3.63, 3.8) is 0 Å². The summed E-state index contributed by atoms with van der Waals surface area (Å²) in [5, 5.41) is 13.1. The van der Waals surface area contributed by atoms with Crippen molar-refractivity contribution >= 4 is 5.69 Å². The van der Waals surface area contributed by atoms with Crippen LogP contribution >= 0.6 is 0 Å². The Morgan fingerprint density at radius 2 is 1.65 bits per heavy atom. The average molecular weight is 313 g/mol. The van der Waals surface area contributed by atoms with Crippen LogP contribution in [-0.4, -0.2) is 11.3 Å². The lowest BCUT2D eigenvalue weighted by atomic mass is 10.0. The Kier molecular flexibility index (Phi) is 6.05. The molecule has 3 heteroatoms. The Morgan fingerprint density at radius 3 is 2.26 bits per heavy atom. The van der Waals surface area contributed by atoms with Gasteiger partial charge in [0, 0.05) is 11.8 Å². The van der Waals surface area contributed by atoms with Crippen molar-refractivity contribution in [3.05, 3.63) is 54.1 Å². The zero-order chi connectivity index (χ0) is 16.8. The molecule has 0 amide bonds. The molecule has 0 radical (unpaired) electrons. The number of aliphatic hydroxyl groups is 1. The maximum absolute atomic E-state index is 9.98. The van der Waals surface area contributed by atoms with Crippen LogP contribution in [0.15, 0.2) is 48.5 Å². The van der Waals surface area contributed by atoms with E-state index in [2.05, 4.69) is 45.1 Å². The molecule has 0 heterocycles. The van der Waals surface area contributed by atoms with Crippen LogP contribution < -0.4 is 10.1 Å². The first kappa shape index (κ1) is 17.4. The van der Waals surface area contributed by atoms with Gasteiger partial charge in [0.2, 0.25) is 0 Å². The molecule has 3 nitrogen and oxygen atoms in total. The van der Waals surface area contributed by atoms with Gasteiger partial charge < -0.3 is 15.2 Å². The van der Waals surface area contributed by atoms with Gasteiger partial charge in [-0.2, -0.15) is 0 Å². The summed E-state index contributed by atoms with van der Waals surface area (Å²) < 4.78 is 5.89. The number of ether oxygens (including phenoxy) is 1. The molecule has 0 bridgehead atoms. The van der Waals surface area contributed by atoms with Gasteiger partial charge in [-0.25, -0.2) is 0 Å². The average Bonchev–Trinajstić information content (AvgIpc) is 2.47. The minimum absolute atomic E-state index is 0.441. The van der Waals surface area contributed by atoms with E-state index in [1.165, 1.54) is 5.56 Å². The van der Waals surface area contributed by atoms with Crippen molar-refractivity contribution in [1.29, 1.82) is 0 Å². The van der Waals surface area contributed by atoms with Crippen LogP contribution in [-0.2, 0) is 0 Å². The predicted molar refractivity (Wildman–Crippen MR) is 96.1 cm³/mol. The summed E-state index contributed by atoms with van der Waals surface area (Å²) in [5.74, 6) is 2.52. The summed E-state index contributed by atoms with van der Waals surface area (Å²) in [4.78, 5) is 0. The molecule has 124 valence electrons. The van der Waals surface area contributed by atoms with Gasteiger partial charge in [-0.3, -0.25) is 0 Å². The van der Waals surface area contributed by atoms with Crippen LogP contribution in [0.25, 0.3) is 0 Å². The van der Waals surface area contributed by atoms with Gasteiger partial charge in [0.15, 0.2) is 0 Å². The van der Waals surface area contributed by atoms with Crippen molar-refractivity contribution in [2.75, 3.05) is 5.32 Å². The SMILES string of the molecule is CC(C)CC(O)Nc1cccc(Oc2ccc(C(C)C)cc2)c1. The van der Waals surface area contributed by atoms with Crippen LogP contribution in [0, 0.1) is 5.92 Å². The lowest BCUT2D eigenvalue weighted by Crippen LogP contribution is -2.20. The Bertz CT molecular complexity index is 605. The molecule has 0 aromatic heterocycles. The molecule has 2 N–H and O–H groups in total. The fraction of sp³-hybridized carbons (Fsp3) is 0.400. The van der Waals surface area contributed by atoms with E-state index in [4.69, 9.17) is 4.74 Å². The quantitative estimate of drug-likeness (QED) is 0.674. The van der Waals surface area contributed by atoms with E-state index in [9.17, 15) is 5.11 Å². The Morgan fingerprint density at radius 1 is 0.957 bits per heavy atom. The highest BCUT2D eigenvalue weighted by Gasteiger charge is 2.07. The molecule has 1 atom stereocenters. The van der Waals surface area contributed by atoms with Crippen molar-refractivity contribution in [3.8, 4) is 11.5 Å². The third kappa shape index (κ3) is 5.61. The van der Waals surface area contributed by atoms with Crippen LogP contribution in [0.2, 0.25) is 0 Å². The molecule has 0 fully saturated rings. The minimum atomic E-state index is -0.546. The van der Waals surface area contributed by atoms with E-state index in [1.54, 1.807) is 0 Å². The Balaban J connectivity index is 2.02. The zero-order valence-electron chi connectivity index (χ0n) is 14.4. The number of anilines is 1. The van der Waals surface area contributed by atoms with Crippen molar-refractivity contribution in [2.24, 2.45) is 5.92 Å². The number of aliphatic hydroxyl groups excluding tert-OH is 1. The maximum atomic E-state index is 9.98. The highest BCUT2D eigenvalue weighted by Crippen LogP contribution is 2.26. The maximum Gasteiger partial charge on any atom is 0.129 e. The van der Waals surface area contributed by atoms with E-state index in [0.29, 0.717) is 18.3 Å². The molecular formula is C20H27NO2. The molecule has 2 rings (SSSR count). The molecule has 0 saturated heterocycles. The van der Waals surface area contributed by atoms with Gasteiger partial charge in [-0.05, 0) is 48.1 Å². The molecule has 0 aliphatic carbocycles. The zero-order valence-corrected chi connectivity index (χ0v) is 14.4. The van der Waals surface area contributed by atoms with Crippen LogP contribution in [0.4, 0.5) is 5.69 Å². The first-order chi connectivity index (χ1) is 10.9. The Hall–Kier alpha value is -2.00. The summed E-state index contributed by atoms with van der Waals surface area (Å²) in [6.45, 7) is 8.53. The minimum Gasteiger partial charge on any atom is -0.457 e. The second kappa shape index (κ2) is 8.02. The predicted octanol–water partition coefficient (Wildman–Crippen LogP) is 5.38. The smallest absolute Gasteiger partial charge is 0.129 e. The molecule has 23 heavy (non-hydrogen) atoms. The van der Waals surface area contributed by atoms with Crippen molar-refractivity contribution < 1.29 is 9.84 Å². The molecule has 2 aromatic rings. The standard InChI is InChI=1S/C20H27NO2/c1-14(2)12-20(22)21-17-6-5-7-19(13-17)23-18-10-8-16(9-11-18)15(3)4/h5-11,13-15,20-22H,12H2,1-4H3. The molecule has 0 saturated carbocycles. The second-order valence-corrected chi connectivity index (χ2v) is 6.64. The summed E-state index contributed by atoms with van der Waals surface area (Å²) in [7, 11) is 0. The third-order valence-corrected chi connectivity index (χ3v) is 3.64. The van der Waals surface area contributed by atoms with Crippen molar-refractivity contribution in [1.82, 2.24) is 0 Å². The first-order valence-corrected chi connectivity index (χ1v) is 8.26. The topological polar surface area (TPSA) is 41.5 Å². The van der Waals surface area contributed by atoms with Crippen LogP contribution in [0.1, 0.15) is 45.6 Å². The summed E-state index contributed by atoms with van der Waals surface area (Å²) in [6, 6.07) is 15.8. The van der Waals surface area contributed by atoms with Crippen LogP contribution in [0.3, 0.4) is 0 Å². The number of hydrogen-bond donors (Lipinski definition) is 2. The molecular weight excluding hydrogens is 286 g/mol. The highest BCUT2D eigenvalue weighted by atomic mass is 16.5. The van der Waals surface area contributed by atoms with Crippen molar-refractivity contribution in [2.45, 2.75) is 46.3 Å². The summed E-state index contributed by atoms with van der Waals surface area (Å²) in [6.07, 6.45) is 0.164. The van der Waals surface area contributed by atoms with E-state index < -0.39 is 6.23 Å². The number of hydrogen-bond acceptors (Lipinski definition) is 3. The third-order valence-electron chi connectivity index (χ3n) is 3.64. The lowest BCUT2D eigenvalue weighted by Gasteiger charge is -2.16. The Labute approximate surface area is 139 Å². The second-order valence-electron chi connectivity index (χ2n) is 6.64. The van der Waals surface area contributed by atoms with Gasteiger partial charge in [0.1, 0.15) is 17.7 Å². The normalized spacial score (nSPS) is 12.5.